The van der Waals surface area contributed by atoms with Gasteiger partial charge >= 0.3 is 5.97 Å². The van der Waals surface area contributed by atoms with Gasteiger partial charge in [0.2, 0.25) is 0 Å². The quantitative estimate of drug-likeness (QED) is 0.656. The van der Waals surface area contributed by atoms with Gasteiger partial charge in [-0.3, -0.25) is 4.79 Å². The monoisotopic (exact) mass is 250 g/mol. The molecule has 84 valence electrons. The largest absolute Gasteiger partial charge is 0.469 e. The molecule has 1 heterocycles. The molecule has 0 spiro atoms. The Morgan fingerprint density at radius 1 is 1.73 bits per heavy atom. The summed E-state index contributed by atoms with van der Waals surface area (Å²) in [4.78, 5) is 14.8. The number of pyridine rings is 1. The average Bonchev–Trinajstić information content (AvgIpc) is 2.18. The molecule has 4 nitrogen and oxygen atoms in total. The van der Waals surface area contributed by atoms with Gasteiger partial charge in [-0.15, -0.1) is 12.4 Å². The molecule has 0 unspecified atom stereocenters. The van der Waals surface area contributed by atoms with Gasteiger partial charge in [0.1, 0.15) is 5.15 Å². The minimum absolute atomic E-state index is 0. The first-order valence-corrected chi connectivity index (χ1v) is 4.45. The Morgan fingerprint density at radius 2 is 2.40 bits per heavy atom. The third kappa shape index (κ3) is 4.03. The summed E-state index contributed by atoms with van der Waals surface area (Å²) in [5.41, 5.74) is 6.40. The molecule has 15 heavy (non-hydrogen) atoms. The van der Waals surface area contributed by atoms with Gasteiger partial charge in [0.25, 0.3) is 0 Å². The first kappa shape index (κ1) is 14.2. The Kier molecular flexibility index (Phi) is 6.24. The molecule has 0 saturated heterocycles. The highest BCUT2D eigenvalue weighted by Crippen LogP contribution is 2.20. The van der Waals surface area contributed by atoms with E-state index in [-0.39, 0.29) is 24.8 Å². The summed E-state index contributed by atoms with van der Waals surface area (Å²) in [6.07, 6.45) is 1.67. The molecule has 0 aromatic carbocycles. The molecule has 0 bridgehead atoms. The minimum Gasteiger partial charge on any atom is -0.469 e. The molecular formula is C9H12Cl2N2O2. The van der Waals surface area contributed by atoms with E-state index in [4.69, 9.17) is 17.3 Å². The lowest BCUT2D eigenvalue weighted by Gasteiger charge is -2.10. The Balaban J connectivity index is 0.00000196. The van der Waals surface area contributed by atoms with Crippen LogP contribution in [0.15, 0.2) is 18.3 Å². The first-order chi connectivity index (χ1) is 6.65. The van der Waals surface area contributed by atoms with Crippen LogP contribution in [0.2, 0.25) is 5.15 Å². The molecule has 0 aliphatic carbocycles. The maximum atomic E-state index is 10.9. The number of hydrogen-bond acceptors (Lipinski definition) is 4. The SMILES string of the molecule is COC(=O)C[C@H](N)c1cccnc1Cl.Cl. The predicted octanol–water partition coefficient (Wildman–Crippen LogP) is 1.72. The fourth-order valence-corrected chi connectivity index (χ4v) is 1.31. The summed E-state index contributed by atoms with van der Waals surface area (Å²) in [5, 5.41) is 0.323. The van der Waals surface area contributed by atoms with Crippen molar-refractivity contribution in [3.63, 3.8) is 0 Å². The molecule has 0 radical (unpaired) electrons. The molecular weight excluding hydrogens is 239 g/mol. The number of hydrogen-bond donors (Lipinski definition) is 1. The second-order valence-electron chi connectivity index (χ2n) is 2.77. The number of carbonyl (C=O) groups is 1. The molecule has 1 aromatic heterocycles. The standard InChI is InChI=1S/C9H11ClN2O2.ClH/c1-14-8(13)5-7(11)6-3-2-4-12-9(6)10;/h2-4,7H,5,11H2,1H3;1H/t7-;/m0./s1. The summed E-state index contributed by atoms with van der Waals surface area (Å²) >= 11 is 5.80. The van der Waals surface area contributed by atoms with Crippen LogP contribution in [-0.2, 0) is 9.53 Å². The van der Waals surface area contributed by atoms with Crippen LogP contribution in [-0.4, -0.2) is 18.1 Å². The van der Waals surface area contributed by atoms with Crippen molar-refractivity contribution >= 4 is 30.0 Å². The van der Waals surface area contributed by atoms with E-state index >= 15 is 0 Å². The number of ether oxygens (including phenoxy) is 1. The summed E-state index contributed by atoms with van der Waals surface area (Å²) < 4.78 is 4.50. The van der Waals surface area contributed by atoms with Gasteiger partial charge in [0, 0.05) is 17.8 Å². The Hall–Kier alpha value is -0.840. The van der Waals surface area contributed by atoms with E-state index in [9.17, 15) is 4.79 Å². The van der Waals surface area contributed by atoms with Crippen LogP contribution in [0.4, 0.5) is 0 Å². The number of esters is 1. The van der Waals surface area contributed by atoms with E-state index in [1.165, 1.54) is 7.11 Å². The second-order valence-corrected chi connectivity index (χ2v) is 3.13. The predicted molar refractivity (Wildman–Crippen MR) is 60.1 cm³/mol. The maximum Gasteiger partial charge on any atom is 0.307 e. The van der Waals surface area contributed by atoms with E-state index in [2.05, 4.69) is 9.72 Å². The molecule has 0 amide bonds. The van der Waals surface area contributed by atoms with Gasteiger partial charge in [0.15, 0.2) is 0 Å². The van der Waals surface area contributed by atoms with Crippen LogP contribution in [0, 0.1) is 0 Å². The Morgan fingerprint density at radius 3 is 2.93 bits per heavy atom. The Labute approximate surface area is 99.2 Å². The van der Waals surface area contributed by atoms with Crippen molar-refractivity contribution in [3.05, 3.63) is 29.0 Å². The van der Waals surface area contributed by atoms with E-state index in [1.54, 1.807) is 18.3 Å². The van der Waals surface area contributed by atoms with Crippen molar-refractivity contribution in [1.29, 1.82) is 0 Å². The normalized spacial score (nSPS) is 11.4. The van der Waals surface area contributed by atoms with E-state index in [0.717, 1.165) is 0 Å². The number of carbonyl (C=O) groups excluding carboxylic acids is 1. The lowest BCUT2D eigenvalue weighted by molar-refractivity contribution is -0.141. The number of nitrogens with two attached hydrogens (primary N) is 1. The first-order valence-electron chi connectivity index (χ1n) is 4.08. The van der Waals surface area contributed by atoms with Crippen molar-refractivity contribution in [3.8, 4) is 0 Å². The van der Waals surface area contributed by atoms with E-state index < -0.39 is 6.04 Å². The van der Waals surface area contributed by atoms with E-state index in [0.29, 0.717) is 10.7 Å². The summed E-state index contributed by atoms with van der Waals surface area (Å²) in [7, 11) is 1.32. The van der Waals surface area contributed by atoms with Crippen LogP contribution >= 0.6 is 24.0 Å². The van der Waals surface area contributed by atoms with Gasteiger partial charge in [-0.1, -0.05) is 17.7 Å². The van der Waals surface area contributed by atoms with E-state index in [1.807, 2.05) is 0 Å². The molecule has 0 aliphatic rings. The van der Waals surface area contributed by atoms with Gasteiger partial charge in [-0.25, -0.2) is 4.98 Å². The van der Waals surface area contributed by atoms with Crippen molar-refractivity contribution in [2.75, 3.05) is 7.11 Å². The number of halogens is 2. The highest BCUT2D eigenvalue weighted by atomic mass is 35.5. The van der Waals surface area contributed by atoms with Crippen LogP contribution in [0.3, 0.4) is 0 Å². The number of aromatic nitrogens is 1. The molecule has 1 aromatic rings. The van der Waals surface area contributed by atoms with Crippen molar-refractivity contribution in [2.24, 2.45) is 5.73 Å². The zero-order valence-corrected chi connectivity index (χ0v) is 9.72. The van der Waals surface area contributed by atoms with Crippen LogP contribution in [0.1, 0.15) is 18.0 Å². The van der Waals surface area contributed by atoms with Gasteiger partial charge in [-0.05, 0) is 6.07 Å². The zero-order valence-electron chi connectivity index (χ0n) is 8.14. The topological polar surface area (TPSA) is 65.2 Å². The fraction of sp³-hybridized carbons (Fsp3) is 0.333. The smallest absolute Gasteiger partial charge is 0.307 e. The molecule has 1 rings (SSSR count). The molecule has 6 heteroatoms. The van der Waals surface area contributed by atoms with Gasteiger partial charge in [0.05, 0.1) is 13.5 Å². The second kappa shape index (κ2) is 6.61. The minimum atomic E-state index is -0.469. The van der Waals surface area contributed by atoms with Crippen LogP contribution < -0.4 is 5.73 Å². The average molecular weight is 251 g/mol. The number of nitrogens with zero attached hydrogens (tertiary/aromatic N) is 1. The lowest BCUT2D eigenvalue weighted by atomic mass is 10.1. The zero-order chi connectivity index (χ0) is 10.6. The highest BCUT2D eigenvalue weighted by molar-refractivity contribution is 6.30. The summed E-state index contributed by atoms with van der Waals surface area (Å²) in [5.74, 6) is -0.364. The highest BCUT2D eigenvalue weighted by Gasteiger charge is 2.14. The maximum absolute atomic E-state index is 10.9. The third-order valence-electron chi connectivity index (χ3n) is 1.80. The molecule has 0 aliphatic heterocycles. The van der Waals surface area contributed by atoms with Gasteiger partial charge < -0.3 is 10.5 Å². The molecule has 0 fully saturated rings. The van der Waals surface area contributed by atoms with Gasteiger partial charge in [-0.2, -0.15) is 0 Å². The molecule has 0 saturated carbocycles. The number of rotatable bonds is 3. The lowest BCUT2D eigenvalue weighted by Crippen LogP contribution is -2.16. The van der Waals surface area contributed by atoms with Crippen molar-refractivity contribution in [2.45, 2.75) is 12.5 Å². The van der Waals surface area contributed by atoms with Crippen LogP contribution in [0.5, 0.6) is 0 Å². The molecule has 2 N–H and O–H groups in total. The third-order valence-corrected chi connectivity index (χ3v) is 2.12. The van der Waals surface area contributed by atoms with Crippen molar-refractivity contribution in [1.82, 2.24) is 4.98 Å². The summed E-state index contributed by atoms with van der Waals surface area (Å²) in [6, 6.07) is 2.99. The molecule has 1 atom stereocenters. The van der Waals surface area contributed by atoms with Crippen LogP contribution in [0.25, 0.3) is 0 Å². The summed E-state index contributed by atoms with van der Waals surface area (Å²) in [6.45, 7) is 0. The van der Waals surface area contributed by atoms with Crippen molar-refractivity contribution < 1.29 is 9.53 Å². The Bertz CT molecular complexity index is 334. The fourth-order valence-electron chi connectivity index (χ4n) is 1.05. The number of methoxy groups -OCH3 is 1.